The van der Waals surface area contributed by atoms with Crippen LogP contribution in [0.5, 0.6) is 5.75 Å². The summed E-state index contributed by atoms with van der Waals surface area (Å²) in [5.41, 5.74) is 3.51. The summed E-state index contributed by atoms with van der Waals surface area (Å²) >= 11 is 9.26. The number of amides is 1. The second kappa shape index (κ2) is 7.37. The Morgan fingerprint density at radius 2 is 2.04 bits per heavy atom. The van der Waals surface area contributed by atoms with E-state index in [9.17, 15) is 4.79 Å². The number of hydrogen-bond acceptors (Lipinski definition) is 2. The number of ether oxygens (including phenoxy) is 1. The maximum absolute atomic E-state index is 12.2. The van der Waals surface area contributed by atoms with Crippen LogP contribution in [0.25, 0.3) is 0 Å². The molecule has 3 rings (SSSR count). The molecule has 0 heterocycles. The predicted octanol–water partition coefficient (Wildman–Crippen LogP) is 5.00. The van der Waals surface area contributed by atoms with E-state index in [-0.39, 0.29) is 12.5 Å². The van der Waals surface area contributed by atoms with E-state index in [1.165, 1.54) is 24.0 Å². The lowest BCUT2D eigenvalue weighted by molar-refractivity contribution is -0.118. The smallest absolute Gasteiger partial charge is 0.262 e. The Morgan fingerprint density at radius 1 is 1.22 bits per heavy atom. The van der Waals surface area contributed by atoms with Crippen molar-refractivity contribution >= 4 is 39.1 Å². The Bertz CT molecular complexity index is 733. The van der Waals surface area contributed by atoms with Crippen LogP contribution in [0.1, 0.15) is 24.0 Å². The minimum Gasteiger partial charge on any atom is -0.483 e. The number of aryl methyl sites for hydroxylation is 1. The summed E-state index contributed by atoms with van der Waals surface area (Å²) in [5.74, 6) is 0.436. The molecule has 3 nitrogen and oxygen atoms in total. The quantitative estimate of drug-likeness (QED) is 0.792. The fourth-order valence-corrected chi connectivity index (χ4v) is 3.62. The third-order valence-corrected chi connectivity index (χ3v) is 4.78. The average molecular weight is 395 g/mol. The maximum Gasteiger partial charge on any atom is 0.262 e. The van der Waals surface area contributed by atoms with Gasteiger partial charge in [-0.05, 0) is 77.0 Å². The topological polar surface area (TPSA) is 38.3 Å². The monoisotopic (exact) mass is 393 g/mol. The Labute approximate surface area is 149 Å². The van der Waals surface area contributed by atoms with E-state index in [0.29, 0.717) is 10.8 Å². The molecule has 0 fully saturated rings. The number of fused-ring (bicyclic) bond motifs is 1. The predicted molar refractivity (Wildman–Crippen MR) is 96.4 cm³/mol. The summed E-state index contributed by atoms with van der Waals surface area (Å²) in [4.78, 5) is 12.2. The van der Waals surface area contributed by atoms with Crippen LogP contribution >= 0.6 is 27.5 Å². The minimum atomic E-state index is -0.161. The van der Waals surface area contributed by atoms with E-state index in [1.54, 1.807) is 18.2 Å². The molecule has 2 aromatic carbocycles. The summed E-state index contributed by atoms with van der Waals surface area (Å²) in [6.07, 6.45) is 4.51. The van der Waals surface area contributed by atoms with Gasteiger partial charge in [0.2, 0.25) is 0 Å². The molecule has 120 valence electrons. The lowest BCUT2D eigenvalue weighted by atomic mass is 9.90. The van der Waals surface area contributed by atoms with Crippen molar-refractivity contribution in [2.24, 2.45) is 0 Å². The number of carbonyl (C=O) groups excluding carboxylic acids is 1. The first-order chi connectivity index (χ1) is 11.1. The lowest BCUT2D eigenvalue weighted by Crippen LogP contribution is -2.21. The first kappa shape index (κ1) is 16.3. The van der Waals surface area contributed by atoms with E-state index in [2.05, 4.69) is 27.3 Å². The summed E-state index contributed by atoms with van der Waals surface area (Å²) in [6.45, 7) is -0.0378. The normalized spacial score (nSPS) is 13.3. The first-order valence-corrected chi connectivity index (χ1v) is 8.79. The summed E-state index contributed by atoms with van der Waals surface area (Å²) < 4.78 is 6.28. The number of hydrogen-bond donors (Lipinski definition) is 1. The van der Waals surface area contributed by atoms with Gasteiger partial charge in [0.05, 0.1) is 4.47 Å². The van der Waals surface area contributed by atoms with Crippen LogP contribution in [0.2, 0.25) is 5.02 Å². The van der Waals surface area contributed by atoms with E-state index in [1.807, 2.05) is 12.1 Å². The third kappa shape index (κ3) is 4.06. The molecule has 1 aliphatic carbocycles. The van der Waals surface area contributed by atoms with Crippen molar-refractivity contribution < 1.29 is 9.53 Å². The van der Waals surface area contributed by atoms with Crippen molar-refractivity contribution in [3.63, 3.8) is 0 Å². The first-order valence-electron chi connectivity index (χ1n) is 7.62. The molecule has 0 unspecified atom stereocenters. The summed E-state index contributed by atoms with van der Waals surface area (Å²) in [5, 5.41) is 3.58. The largest absolute Gasteiger partial charge is 0.483 e. The van der Waals surface area contributed by atoms with Gasteiger partial charge in [-0.2, -0.15) is 0 Å². The Kier molecular flexibility index (Phi) is 5.23. The number of anilines is 1. The number of benzene rings is 2. The van der Waals surface area contributed by atoms with Crippen molar-refractivity contribution in [2.75, 3.05) is 11.9 Å². The minimum absolute atomic E-state index is 0.0378. The van der Waals surface area contributed by atoms with Gasteiger partial charge in [-0.25, -0.2) is 0 Å². The van der Waals surface area contributed by atoms with Gasteiger partial charge in [-0.3, -0.25) is 4.79 Å². The Morgan fingerprint density at radius 3 is 2.87 bits per heavy atom. The van der Waals surface area contributed by atoms with E-state index < -0.39 is 0 Å². The van der Waals surface area contributed by atoms with Gasteiger partial charge >= 0.3 is 0 Å². The molecule has 0 saturated heterocycles. The zero-order chi connectivity index (χ0) is 16.2. The van der Waals surface area contributed by atoms with Gasteiger partial charge in [-0.15, -0.1) is 0 Å². The Hall–Kier alpha value is -1.52. The number of nitrogens with one attached hydrogen (secondary N) is 1. The second-order valence-corrected chi connectivity index (χ2v) is 6.85. The molecule has 1 N–H and O–H groups in total. The average Bonchev–Trinajstić information content (AvgIpc) is 2.54. The van der Waals surface area contributed by atoms with E-state index >= 15 is 0 Å². The van der Waals surface area contributed by atoms with Crippen LogP contribution in [-0.2, 0) is 17.6 Å². The molecule has 0 aliphatic heterocycles. The van der Waals surface area contributed by atoms with Crippen molar-refractivity contribution in [3.8, 4) is 5.75 Å². The van der Waals surface area contributed by atoms with Crippen molar-refractivity contribution in [3.05, 3.63) is 57.0 Å². The lowest BCUT2D eigenvalue weighted by Gasteiger charge is -2.19. The molecule has 1 amide bonds. The zero-order valence-corrected chi connectivity index (χ0v) is 14.9. The van der Waals surface area contributed by atoms with Gasteiger partial charge in [-0.1, -0.05) is 23.7 Å². The standard InChI is InChI=1S/C18H17BrClNO2/c19-15-10-13(20)8-9-17(15)23-11-18(22)21-16-7-3-5-12-4-1-2-6-14(12)16/h3,5,7-10H,1-2,4,6,11H2,(H,21,22). The summed E-state index contributed by atoms with van der Waals surface area (Å²) in [6, 6.07) is 11.3. The highest BCUT2D eigenvalue weighted by atomic mass is 79.9. The third-order valence-electron chi connectivity index (χ3n) is 3.92. The highest BCUT2D eigenvalue weighted by molar-refractivity contribution is 9.10. The van der Waals surface area contributed by atoms with Gasteiger partial charge < -0.3 is 10.1 Å². The van der Waals surface area contributed by atoms with Gasteiger partial charge in [0.15, 0.2) is 6.61 Å². The van der Waals surface area contributed by atoms with Crippen LogP contribution in [0.3, 0.4) is 0 Å². The van der Waals surface area contributed by atoms with Crippen LogP contribution < -0.4 is 10.1 Å². The van der Waals surface area contributed by atoms with Gasteiger partial charge in [0, 0.05) is 10.7 Å². The number of halogens is 2. The van der Waals surface area contributed by atoms with Gasteiger partial charge in [0.25, 0.3) is 5.91 Å². The Balaban J connectivity index is 1.64. The molecule has 2 aromatic rings. The highest BCUT2D eigenvalue weighted by Crippen LogP contribution is 2.29. The van der Waals surface area contributed by atoms with Crippen molar-refractivity contribution in [1.29, 1.82) is 0 Å². The molecule has 0 aromatic heterocycles. The molecule has 23 heavy (non-hydrogen) atoms. The fraction of sp³-hybridized carbons (Fsp3) is 0.278. The molecular weight excluding hydrogens is 378 g/mol. The van der Waals surface area contributed by atoms with E-state index in [0.717, 1.165) is 23.0 Å². The van der Waals surface area contributed by atoms with Gasteiger partial charge in [0.1, 0.15) is 5.75 Å². The molecule has 5 heteroatoms. The van der Waals surface area contributed by atoms with Crippen LogP contribution in [-0.4, -0.2) is 12.5 Å². The van der Waals surface area contributed by atoms with Crippen molar-refractivity contribution in [1.82, 2.24) is 0 Å². The number of rotatable bonds is 4. The molecule has 0 saturated carbocycles. The van der Waals surface area contributed by atoms with Crippen molar-refractivity contribution in [2.45, 2.75) is 25.7 Å². The van der Waals surface area contributed by atoms with Crippen LogP contribution in [0.4, 0.5) is 5.69 Å². The fourth-order valence-electron chi connectivity index (χ4n) is 2.82. The maximum atomic E-state index is 12.2. The molecule has 0 spiro atoms. The molecule has 0 atom stereocenters. The summed E-state index contributed by atoms with van der Waals surface area (Å²) in [7, 11) is 0. The molecule has 0 radical (unpaired) electrons. The second-order valence-electron chi connectivity index (χ2n) is 5.56. The molecular formula is C18H17BrClNO2. The zero-order valence-electron chi connectivity index (χ0n) is 12.6. The SMILES string of the molecule is O=C(COc1ccc(Cl)cc1Br)Nc1cccc2c1CCCC2. The van der Waals surface area contributed by atoms with Crippen LogP contribution in [0.15, 0.2) is 40.9 Å². The van der Waals surface area contributed by atoms with E-state index in [4.69, 9.17) is 16.3 Å². The number of carbonyl (C=O) groups is 1. The molecule has 0 bridgehead atoms. The molecule has 1 aliphatic rings. The highest BCUT2D eigenvalue weighted by Gasteiger charge is 2.14. The van der Waals surface area contributed by atoms with Crippen LogP contribution in [0, 0.1) is 0 Å².